The molecule has 2 aromatic rings. The minimum Gasteiger partial charge on any atom is -0.497 e. The number of pyridine rings is 1. The summed E-state index contributed by atoms with van der Waals surface area (Å²) < 4.78 is 44.7. The van der Waals surface area contributed by atoms with Gasteiger partial charge in [-0.1, -0.05) is 17.7 Å². The van der Waals surface area contributed by atoms with Crippen LogP contribution in [0.3, 0.4) is 0 Å². The Labute approximate surface area is 315 Å². The van der Waals surface area contributed by atoms with Crippen molar-refractivity contribution >= 4 is 50.4 Å². The highest BCUT2D eigenvalue weighted by molar-refractivity contribution is 7.91. The Morgan fingerprint density at radius 3 is 2.43 bits per heavy atom. The second-order valence-electron chi connectivity index (χ2n) is 15.5. The van der Waals surface area contributed by atoms with E-state index >= 15 is 0 Å². The number of ether oxygens (including phenoxy) is 3. The molecular formula is C38H49N5O10S. The molecule has 0 unspecified atom stereocenters. The van der Waals surface area contributed by atoms with Crippen molar-refractivity contribution in [1.82, 2.24) is 25.2 Å². The van der Waals surface area contributed by atoms with Crippen LogP contribution < -0.4 is 24.8 Å². The van der Waals surface area contributed by atoms with E-state index in [9.17, 15) is 32.4 Å². The third-order valence-corrected chi connectivity index (χ3v) is 11.1. The van der Waals surface area contributed by atoms with E-state index in [2.05, 4.69) is 26.9 Å². The van der Waals surface area contributed by atoms with Gasteiger partial charge in [-0.05, 0) is 89.6 Å². The van der Waals surface area contributed by atoms with Gasteiger partial charge in [-0.2, -0.15) is 0 Å². The molecule has 54 heavy (non-hydrogen) atoms. The number of ketones is 1. The summed E-state index contributed by atoms with van der Waals surface area (Å²) in [5.74, 6) is -1.66. The van der Waals surface area contributed by atoms with Gasteiger partial charge in [0, 0.05) is 37.3 Å². The van der Waals surface area contributed by atoms with Crippen LogP contribution in [-0.2, 0) is 33.9 Å². The van der Waals surface area contributed by atoms with Crippen LogP contribution in [0.5, 0.6) is 11.6 Å². The Balaban J connectivity index is 1.45. The number of amides is 4. The number of hydrogen-bond acceptors (Lipinski definition) is 11. The number of hydrogen-bond donors (Lipinski definition) is 3. The summed E-state index contributed by atoms with van der Waals surface area (Å²) in [5.41, 5.74) is -1.10. The minimum atomic E-state index is -3.93. The summed E-state index contributed by atoms with van der Waals surface area (Å²) >= 11 is 0. The SMILES string of the molecule is C=C1CC(NC(=O)[C@@H]2C[C@@H](Oc3nccc4cc(OC)ccc34)CN2C(=O)[C@H](CCC(=O)C=C(C)C)NC(=O)OC(C)(C)C)(C(=O)NS(=O)(=O)C2CC2)C1. The van der Waals surface area contributed by atoms with Crippen molar-refractivity contribution in [2.24, 2.45) is 0 Å². The molecule has 16 heteroatoms. The van der Waals surface area contributed by atoms with Crippen LogP contribution >= 0.6 is 0 Å². The molecule has 1 aromatic carbocycles. The molecule has 1 aromatic heterocycles. The van der Waals surface area contributed by atoms with E-state index in [0.29, 0.717) is 29.6 Å². The van der Waals surface area contributed by atoms with Crippen molar-refractivity contribution in [1.29, 1.82) is 0 Å². The Morgan fingerprint density at radius 1 is 1.11 bits per heavy atom. The molecule has 3 fully saturated rings. The van der Waals surface area contributed by atoms with E-state index in [0.717, 1.165) is 11.0 Å². The first kappa shape index (κ1) is 40.2. The quantitative estimate of drug-likeness (QED) is 0.187. The highest BCUT2D eigenvalue weighted by Gasteiger charge is 2.53. The molecule has 3 aliphatic rings. The molecule has 4 amide bonds. The number of carbonyl (C=O) groups excluding carboxylic acids is 5. The van der Waals surface area contributed by atoms with E-state index in [1.807, 2.05) is 6.07 Å². The fraction of sp³-hybridized carbons (Fsp3) is 0.526. The third kappa shape index (κ3) is 9.75. The van der Waals surface area contributed by atoms with E-state index < -0.39 is 68.4 Å². The summed E-state index contributed by atoms with van der Waals surface area (Å²) in [6.07, 6.45) is 1.98. The first-order chi connectivity index (χ1) is 25.3. The monoisotopic (exact) mass is 767 g/mol. The number of sulfonamides is 1. The molecular weight excluding hydrogens is 719 g/mol. The van der Waals surface area contributed by atoms with Gasteiger partial charge in [0.15, 0.2) is 5.78 Å². The lowest BCUT2D eigenvalue weighted by Gasteiger charge is -2.43. The molecule has 5 rings (SSSR count). The zero-order chi connectivity index (χ0) is 39.6. The average Bonchev–Trinajstić information content (AvgIpc) is 3.85. The zero-order valence-electron chi connectivity index (χ0n) is 31.5. The number of methoxy groups -OCH3 is 1. The smallest absolute Gasteiger partial charge is 0.408 e. The Bertz CT molecular complexity index is 1970. The first-order valence-electron chi connectivity index (χ1n) is 17.9. The number of aromatic nitrogens is 1. The predicted molar refractivity (Wildman–Crippen MR) is 199 cm³/mol. The maximum absolute atomic E-state index is 14.5. The number of benzene rings is 1. The number of allylic oxidation sites excluding steroid dienone is 2. The lowest BCUT2D eigenvalue weighted by molar-refractivity contribution is -0.142. The van der Waals surface area contributed by atoms with Crippen molar-refractivity contribution in [2.45, 2.75) is 114 Å². The van der Waals surface area contributed by atoms with E-state index in [1.165, 1.54) is 11.0 Å². The second kappa shape index (κ2) is 15.8. The fourth-order valence-corrected chi connectivity index (χ4v) is 7.96. The molecule has 15 nitrogen and oxygen atoms in total. The van der Waals surface area contributed by atoms with Crippen LogP contribution in [0.25, 0.3) is 10.8 Å². The van der Waals surface area contributed by atoms with E-state index in [4.69, 9.17) is 14.2 Å². The largest absolute Gasteiger partial charge is 0.497 e. The highest BCUT2D eigenvalue weighted by Crippen LogP contribution is 2.38. The number of likely N-dealkylation sites (tertiary alicyclic amines) is 1. The minimum absolute atomic E-state index is 0.00401. The number of nitrogens with one attached hydrogen (secondary N) is 3. The van der Waals surface area contributed by atoms with Crippen LogP contribution in [0.1, 0.15) is 79.6 Å². The fourth-order valence-electron chi connectivity index (χ4n) is 6.59. The van der Waals surface area contributed by atoms with E-state index in [-0.39, 0.29) is 50.3 Å². The molecule has 2 aliphatic carbocycles. The van der Waals surface area contributed by atoms with Gasteiger partial charge < -0.3 is 29.7 Å². The molecule has 0 bridgehead atoms. The Morgan fingerprint density at radius 2 is 1.81 bits per heavy atom. The maximum Gasteiger partial charge on any atom is 0.408 e. The molecule has 2 saturated carbocycles. The Kier molecular flexibility index (Phi) is 11.7. The molecule has 2 heterocycles. The summed E-state index contributed by atoms with van der Waals surface area (Å²) in [6.45, 7) is 12.3. The summed E-state index contributed by atoms with van der Waals surface area (Å²) in [5, 5.41) is 6.11. The van der Waals surface area contributed by atoms with Gasteiger partial charge in [-0.3, -0.25) is 23.9 Å². The number of rotatable bonds is 14. The summed E-state index contributed by atoms with van der Waals surface area (Å²) in [6, 6.07) is 4.62. The predicted octanol–water partition coefficient (Wildman–Crippen LogP) is 3.61. The van der Waals surface area contributed by atoms with Crippen LogP contribution in [-0.4, -0.2) is 96.1 Å². The maximum atomic E-state index is 14.5. The van der Waals surface area contributed by atoms with Crippen molar-refractivity contribution < 1.29 is 46.6 Å². The number of carbonyl (C=O) groups is 5. The summed E-state index contributed by atoms with van der Waals surface area (Å²) in [7, 11) is -2.38. The topological polar surface area (TPSA) is 199 Å². The molecule has 0 radical (unpaired) electrons. The summed E-state index contributed by atoms with van der Waals surface area (Å²) in [4.78, 5) is 73.6. The van der Waals surface area contributed by atoms with E-state index in [1.54, 1.807) is 66.1 Å². The van der Waals surface area contributed by atoms with Gasteiger partial charge in [0.2, 0.25) is 27.7 Å². The average molecular weight is 768 g/mol. The molecule has 0 spiro atoms. The van der Waals surface area contributed by atoms with Crippen molar-refractivity contribution in [3.05, 3.63) is 54.3 Å². The first-order valence-corrected chi connectivity index (χ1v) is 19.5. The normalized spacial score (nSPS) is 19.9. The highest BCUT2D eigenvalue weighted by atomic mass is 32.2. The van der Waals surface area contributed by atoms with Gasteiger partial charge in [0.05, 0.1) is 18.9 Å². The lowest BCUT2D eigenvalue weighted by Crippen LogP contribution is -2.66. The van der Waals surface area contributed by atoms with Crippen LogP contribution in [0.2, 0.25) is 0 Å². The second-order valence-corrected chi connectivity index (χ2v) is 17.4. The zero-order valence-corrected chi connectivity index (χ0v) is 32.3. The van der Waals surface area contributed by atoms with Crippen molar-refractivity contribution in [3.63, 3.8) is 0 Å². The van der Waals surface area contributed by atoms with Crippen LogP contribution in [0, 0.1) is 0 Å². The Hall–Kier alpha value is -4.99. The third-order valence-electron chi connectivity index (χ3n) is 9.28. The molecule has 1 aliphatic heterocycles. The molecule has 292 valence electrons. The van der Waals surface area contributed by atoms with Gasteiger partial charge in [0.25, 0.3) is 5.91 Å². The molecule has 3 N–H and O–H groups in total. The van der Waals surface area contributed by atoms with Crippen LogP contribution in [0.4, 0.5) is 4.79 Å². The standard InChI is InChI=1S/C38H49N5O10S/c1-22(2)16-25(44)8-13-30(40-36(48)53-37(4,5)6)34(46)43-21-27(52-33-29-12-9-26(51-7)17-24(29)14-15-39-33)18-31(43)32(45)41-38(19-23(3)20-38)35(47)42-54(49,50)28-10-11-28/h9,12,14-17,27-28,30-31H,3,8,10-11,13,18-21H2,1-2,4-7H3,(H,40,48)(H,41,45)(H,42,47)/t27-,30+,31+/m1/s1. The van der Waals surface area contributed by atoms with Gasteiger partial charge >= 0.3 is 6.09 Å². The van der Waals surface area contributed by atoms with Gasteiger partial charge in [-0.15, -0.1) is 0 Å². The number of alkyl carbamates (subject to hydrolysis) is 1. The molecule has 1 saturated heterocycles. The van der Waals surface area contributed by atoms with Crippen molar-refractivity contribution in [2.75, 3.05) is 13.7 Å². The lowest BCUT2D eigenvalue weighted by atomic mass is 9.72. The van der Waals surface area contributed by atoms with Crippen LogP contribution in [0.15, 0.2) is 54.3 Å². The van der Waals surface area contributed by atoms with Crippen molar-refractivity contribution in [3.8, 4) is 11.6 Å². The molecule has 3 atom stereocenters. The van der Waals surface area contributed by atoms with Gasteiger partial charge in [-0.25, -0.2) is 18.2 Å². The number of fused-ring (bicyclic) bond motifs is 1. The van der Waals surface area contributed by atoms with Gasteiger partial charge in [0.1, 0.15) is 35.1 Å². The number of nitrogens with zero attached hydrogens (tertiary/aromatic N) is 2.